The number of carbonyl (C=O) groups is 1. The number of fused-ring (bicyclic) bond motifs is 6. The fourth-order valence-electron chi connectivity index (χ4n) is 10.4. The van der Waals surface area contributed by atoms with Crippen LogP contribution >= 0.6 is 0 Å². The first kappa shape index (κ1) is 33.4. The predicted molar refractivity (Wildman–Crippen MR) is 170 cm³/mol. The molecule has 1 spiro atoms. The van der Waals surface area contributed by atoms with Crippen LogP contribution in [0.1, 0.15) is 77.6 Å². The van der Waals surface area contributed by atoms with Crippen molar-refractivity contribution in [3.05, 3.63) is 24.3 Å². The monoisotopic (exact) mass is 688 g/mol. The lowest BCUT2D eigenvalue weighted by Gasteiger charge is -2.47. The Hall–Kier alpha value is -1.45. The standard InChI is InChI=1S/C37H52O12/c1-17-11-20-5-7-23-18(2)12-22(41-23)9-10-37-15-27-33(48-37)34-35(46-27)36(49-37)31-24(45-34)8-6-21(43-31)13-29(39)47-32-26(14-25(42-20)19(17)3)44-28(16-38)30(32)40-4/h17,20-28,30-36,38H,2-3,5-16H2,1,4H3/t17-,20+,21-,22+,23+,24+,25-,26+,27?,28+,30+,31+,32+,33+,34?,35-,36+,37+/m1/s1. The van der Waals surface area contributed by atoms with Crippen molar-refractivity contribution in [1.82, 2.24) is 0 Å². The van der Waals surface area contributed by atoms with Crippen molar-refractivity contribution in [3.63, 3.8) is 0 Å². The van der Waals surface area contributed by atoms with Crippen LogP contribution in [0.25, 0.3) is 0 Å². The average molecular weight is 689 g/mol. The summed E-state index contributed by atoms with van der Waals surface area (Å²) < 4.78 is 65.0. The minimum atomic E-state index is -0.795. The Kier molecular flexibility index (Phi) is 8.79. The number of methoxy groups -OCH3 is 1. The predicted octanol–water partition coefficient (Wildman–Crippen LogP) is 3.06. The van der Waals surface area contributed by atoms with E-state index in [0.717, 1.165) is 49.7 Å². The molecule has 1 N–H and O–H groups in total. The Morgan fingerprint density at radius 1 is 0.755 bits per heavy atom. The molecule has 2 unspecified atom stereocenters. The van der Waals surface area contributed by atoms with Crippen LogP contribution in [0.3, 0.4) is 0 Å². The van der Waals surface area contributed by atoms with Crippen LogP contribution in [0.4, 0.5) is 0 Å². The van der Waals surface area contributed by atoms with Crippen LogP contribution in [0.5, 0.6) is 0 Å². The second-order valence-electron chi connectivity index (χ2n) is 16.0. The fraction of sp³-hybridized carbons (Fsp3) is 0.865. The number of esters is 1. The molecule has 10 aliphatic rings. The summed E-state index contributed by atoms with van der Waals surface area (Å²) in [6.45, 7) is 10.7. The molecular weight excluding hydrogens is 636 g/mol. The molecule has 0 radical (unpaired) electrons. The molecule has 272 valence electrons. The van der Waals surface area contributed by atoms with E-state index in [1.807, 2.05) is 0 Å². The highest BCUT2D eigenvalue weighted by molar-refractivity contribution is 5.70. The van der Waals surface area contributed by atoms with Crippen molar-refractivity contribution >= 4 is 5.97 Å². The Morgan fingerprint density at radius 3 is 2.35 bits per heavy atom. The quantitative estimate of drug-likeness (QED) is 0.338. The summed E-state index contributed by atoms with van der Waals surface area (Å²) in [5, 5.41) is 10.2. The van der Waals surface area contributed by atoms with Crippen molar-refractivity contribution in [2.45, 2.75) is 181 Å². The van der Waals surface area contributed by atoms with E-state index >= 15 is 0 Å². The smallest absolute Gasteiger partial charge is 0.308 e. The van der Waals surface area contributed by atoms with Gasteiger partial charge < -0.3 is 52.5 Å². The van der Waals surface area contributed by atoms with Gasteiger partial charge in [-0.3, -0.25) is 4.79 Å². The summed E-state index contributed by atoms with van der Waals surface area (Å²) in [6, 6.07) is 0. The Labute approximate surface area is 288 Å². The molecule has 12 bridgehead atoms. The molecule has 0 aromatic heterocycles. The van der Waals surface area contributed by atoms with Crippen LogP contribution < -0.4 is 0 Å². The van der Waals surface area contributed by atoms with E-state index < -0.39 is 42.3 Å². The van der Waals surface area contributed by atoms with Crippen LogP contribution in [-0.4, -0.2) is 128 Å². The molecule has 12 nitrogen and oxygen atoms in total. The Bertz CT molecular complexity index is 1310. The maximum atomic E-state index is 13.6. The lowest BCUT2D eigenvalue weighted by Crippen LogP contribution is -2.61. The average Bonchev–Trinajstić information content (AvgIpc) is 3.76. The summed E-state index contributed by atoms with van der Waals surface area (Å²) >= 11 is 0. The van der Waals surface area contributed by atoms with Crippen molar-refractivity contribution in [1.29, 1.82) is 0 Å². The number of ether oxygens (including phenoxy) is 10. The third-order valence-corrected chi connectivity index (χ3v) is 12.9. The Morgan fingerprint density at radius 2 is 1.51 bits per heavy atom. The first-order valence-electron chi connectivity index (χ1n) is 18.7. The zero-order valence-corrected chi connectivity index (χ0v) is 28.7. The van der Waals surface area contributed by atoms with E-state index in [4.69, 9.17) is 47.4 Å². The van der Waals surface area contributed by atoms with Crippen LogP contribution in [-0.2, 0) is 52.2 Å². The fourth-order valence-corrected chi connectivity index (χ4v) is 10.4. The summed E-state index contributed by atoms with van der Waals surface area (Å²) in [4.78, 5) is 13.6. The van der Waals surface area contributed by atoms with Gasteiger partial charge in [-0.1, -0.05) is 20.1 Å². The molecular formula is C37H52O12. The van der Waals surface area contributed by atoms with Gasteiger partial charge in [-0.05, 0) is 62.0 Å². The van der Waals surface area contributed by atoms with Gasteiger partial charge in [0, 0.05) is 26.4 Å². The summed E-state index contributed by atoms with van der Waals surface area (Å²) in [5.41, 5.74) is 2.13. The third-order valence-electron chi connectivity index (χ3n) is 12.9. The van der Waals surface area contributed by atoms with Crippen LogP contribution in [0.2, 0.25) is 0 Å². The molecule has 0 aromatic carbocycles. The molecule has 10 rings (SSSR count). The van der Waals surface area contributed by atoms with E-state index in [1.54, 1.807) is 7.11 Å². The van der Waals surface area contributed by atoms with Crippen molar-refractivity contribution < 1.29 is 57.3 Å². The number of aliphatic hydroxyl groups is 1. The van der Waals surface area contributed by atoms with Crippen molar-refractivity contribution in [2.75, 3.05) is 13.7 Å². The Balaban J connectivity index is 0.994. The van der Waals surface area contributed by atoms with Crippen LogP contribution in [0, 0.1) is 5.92 Å². The highest BCUT2D eigenvalue weighted by Gasteiger charge is 2.68. The summed E-state index contributed by atoms with van der Waals surface area (Å²) in [6.07, 6.45) is 2.58. The van der Waals surface area contributed by atoms with Gasteiger partial charge in [-0.2, -0.15) is 0 Å². The van der Waals surface area contributed by atoms with Gasteiger partial charge in [-0.15, -0.1) is 0 Å². The van der Waals surface area contributed by atoms with Crippen molar-refractivity contribution in [2.24, 2.45) is 5.92 Å². The molecule has 0 aromatic rings. The van der Waals surface area contributed by atoms with Gasteiger partial charge in [0.15, 0.2) is 11.9 Å². The lowest BCUT2D eigenvalue weighted by molar-refractivity contribution is -0.293. The van der Waals surface area contributed by atoms with E-state index in [-0.39, 0.29) is 86.1 Å². The molecule has 0 amide bonds. The van der Waals surface area contributed by atoms with Gasteiger partial charge in [0.25, 0.3) is 0 Å². The second kappa shape index (κ2) is 12.9. The number of carbonyl (C=O) groups excluding carboxylic acids is 1. The van der Waals surface area contributed by atoms with Gasteiger partial charge in [0.1, 0.15) is 48.8 Å². The molecule has 0 aliphatic carbocycles. The van der Waals surface area contributed by atoms with Crippen molar-refractivity contribution in [3.8, 4) is 0 Å². The molecule has 18 atom stereocenters. The zero-order valence-electron chi connectivity index (χ0n) is 28.7. The molecule has 10 aliphatic heterocycles. The SMILES string of the molecule is C=C1C[C@@H]2CC[C@@]34CC5O[C@@H]6C(O[C@H]7CC[C@H](CC(=O)O[C@@H]8[C@@H](OC)[C@H](CO)O[C@H]8C[C@H]8O[C@@H](CC[C@@H]1O2)C[C@@H](C)C8=C)O[C@@H]7[C@@H]6O3)[C@H]5O4. The number of rotatable bonds is 2. The minimum absolute atomic E-state index is 0.0171. The zero-order chi connectivity index (χ0) is 33.6. The number of hydrogen-bond acceptors (Lipinski definition) is 12. The molecule has 10 heterocycles. The second-order valence-corrected chi connectivity index (χ2v) is 16.0. The van der Waals surface area contributed by atoms with Gasteiger partial charge in [0.05, 0.1) is 55.8 Å². The highest BCUT2D eigenvalue weighted by atomic mass is 16.8. The third kappa shape index (κ3) is 5.86. The van der Waals surface area contributed by atoms with E-state index in [9.17, 15) is 9.90 Å². The molecule has 12 heteroatoms. The van der Waals surface area contributed by atoms with Crippen LogP contribution in [0.15, 0.2) is 24.3 Å². The number of hydrogen-bond donors (Lipinski definition) is 1. The summed E-state index contributed by atoms with van der Waals surface area (Å²) in [5.74, 6) is -0.940. The minimum Gasteiger partial charge on any atom is -0.457 e. The van der Waals surface area contributed by atoms with Gasteiger partial charge >= 0.3 is 5.97 Å². The molecule has 0 saturated carbocycles. The first-order valence-corrected chi connectivity index (χ1v) is 18.7. The first-order chi connectivity index (χ1) is 23.7. The van der Waals surface area contributed by atoms with E-state index in [2.05, 4.69) is 20.1 Å². The summed E-state index contributed by atoms with van der Waals surface area (Å²) in [7, 11) is 1.55. The topological polar surface area (TPSA) is 130 Å². The van der Waals surface area contributed by atoms with Gasteiger partial charge in [0.2, 0.25) is 0 Å². The lowest BCUT2D eigenvalue weighted by atomic mass is 9.84. The van der Waals surface area contributed by atoms with Gasteiger partial charge in [-0.25, -0.2) is 0 Å². The normalized spacial score (nSPS) is 54.0. The van der Waals surface area contributed by atoms with E-state index in [1.165, 1.54) is 0 Å². The largest absolute Gasteiger partial charge is 0.457 e. The number of aliphatic hydroxyl groups excluding tert-OH is 1. The maximum Gasteiger partial charge on any atom is 0.308 e. The van der Waals surface area contributed by atoms with E-state index in [0.29, 0.717) is 25.7 Å². The molecule has 10 fully saturated rings. The molecule has 10 saturated heterocycles. The molecule has 49 heavy (non-hydrogen) atoms. The maximum absolute atomic E-state index is 13.6. The highest BCUT2D eigenvalue weighted by Crippen LogP contribution is 2.54.